The van der Waals surface area contributed by atoms with Crippen LogP contribution in [-0.2, 0) is 19.1 Å². The van der Waals surface area contributed by atoms with Gasteiger partial charge < -0.3 is 19.7 Å². The maximum Gasteiger partial charge on any atom is 0.332 e. The minimum absolute atomic E-state index is 0.104. The van der Waals surface area contributed by atoms with Gasteiger partial charge in [0.05, 0.1) is 12.7 Å². The zero-order valence-corrected chi connectivity index (χ0v) is 7.93. The summed E-state index contributed by atoms with van der Waals surface area (Å²) in [6.07, 6.45) is -0.173. The maximum atomic E-state index is 10.8. The summed E-state index contributed by atoms with van der Waals surface area (Å²) >= 11 is 0. The topological polar surface area (TPSA) is 93.1 Å². The number of hydrogen-bond acceptors (Lipinski definition) is 5. The Bertz CT molecular complexity index is 188. The molecular formula is C8H14O6. The summed E-state index contributed by atoms with van der Waals surface area (Å²) in [6.45, 7) is 0.777. The normalized spacial score (nSPS) is 12.1. The van der Waals surface area contributed by atoms with Gasteiger partial charge in [0.15, 0.2) is 0 Å². The average molecular weight is 206 g/mol. The van der Waals surface area contributed by atoms with Gasteiger partial charge in [0, 0.05) is 6.42 Å². The van der Waals surface area contributed by atoms with Gasteiger partial charge in [-0.2, -0.15) is 0 Å². The van der Waals surface area contributed by atoms with Gasteiger partial charge in [0.25, 0.3) is 0 Å². The van der Waals surface area contributed by atoms with E-state index in [1.807, 2.05) is 0 Å². The van der Waals surface area contributed by atoms with Crippen LogP contribution in [0.25, 0.3) is 0 Å². The molecule has 14 heavy (non-hydrogen) atoms. The smallest absolute Gasteiger partial charge is 0.332 e. The Hall–Kier alpha value is -1.14. The Labute approximate surface area is 81.4 Å². The van der Waals surface area contributed by atoms with Gasteiger partial charge >= 0.3 is 11.9 Å². The van der Waals surface area contributed by atoms with Crippen molar-refractivity contribution in [2.45, 2.75) is 19.4 Å². The lowest BCUT2D eigenvalue weighted by Gasteiger charge is -2.05. The molecule has 0 fully saturated rings. The number of carboxylic acids is 1. The minimum Gasteiger partial charge on any atom is -0.480 e. The van der Waals surface area contributed by atoms with E-state index in [-0.39, 0.29) is 13.2 Å². The first-order valence-corrected chi connectivity index (χ1v) is 4.15. The number of ether oxygens (including phenoxy) is 2. The third kappa shape index (κ3) is 8.95. The molecule has 0 aromatic carbocycles. The fourth-order valence-corrected chi connectivity index (χ4v) is 0.607. The predicted octanol–water partition coefficient (Wildman–Crippen LogP) is -0.598. The Morgan fingerprint density at radius 3 is 2.50 bits per heavy atom. The number of rotatable bonds is 7. The van der Waals surface area contributed by atoms with Crippen LogP contribution >= 0.6 is 0 Å². The number of carbonyl (C=O) groups is 2. The molecule has 2 N–H and O–H groups in total. The van der Waals surface area contributed by atoms with Gasteiger partial charge in [0.1, 0.15) is 13.2 Å². The van der Waals surface area contributed by atoms with Crippen molar-refractivity contribution >= 4 is 11.9 Å². The molecule has 6 nitrogen and oxygen atoms in total. The number of carbonyl (C=O) groups excluding carboxylic acids is 1. The van der Waals surface area contributed by atoms with E-state index in [9.17, 15) is 9.59 Å². The highest BCUT2D eigenvalue weighted by Crippen LogP contribution is 1.91. The van der Waals surface area contributed by atoms with Gasteiger partial charge in [-0.05, 0) is 6.92 Å². The lowest BCUT2D eigenvalue weighted by Crippen LogP contribution is -2.18. The van der Waals surface area contributed by atoms with E-state index in [4.69, 9.17) is 10.2 Å². The van der Waals surface area contributed by atoms with Crippen LogP contribution in [0.15, 0.2) is 0 Å². The molecule has 0 radical (unpaired) electrons. The predicted molar refractivity (Wildman–Crippen MR) is 45.7 cm³/mol. The number of aliphatic hydroxyl groups excluding tert-OH is 1. The second-order valence-electron chi connectivity index (χ2n) is 2.74. The molecule has 0 aliphatic rings. The van der Waals surface area contributed by atoms with Crippen molar-refractivity contribution in [3.8, 4) is 0 Å². The molecule has 0 aromatic rings. The first-order chi connectivity index (χ1) is 6.52. The summed E-state index contributed by atoms with van der Waals surface area (Å²) < 4.78 is 9.10. The maximum absolute atomic E-state index is 10.8. The van der Waals surface area contributed by atoms with E-state index in [1.54, 1.807) is 6.92 Å². The third-order valence-electron chi connectivity index (χ3n) is 1.24. The number of aliphatic hydroxyl groups is 1. The van der Waals surface area contributed by atoms with Crippen molar-refractivity contribution in [3.05, 3.63) is 0 Å². The van der Waals surface area contributed by atoms with Crippen LogP contribution in [0.4, 0.5) is 0 Å². The second-order valence-corrected chi connectivity index (χ2v) is 2.74. The van der Waals surface area contributed by atoms with E-state index in [0.717, 1.165) is 0 Å². The van der Waals surface area contributed by atoms with E-state index >= 15 is 0 Å². The number of carboxylic acid groups (broad SMARTS) is 1. The van der Waals surface area contributed by atoms with Gasteiger partial charge in [0.2, 0.25) is 0 Å². The summed E-state index contributed by atoms with van der Waals surface area (Å²) in [5.41, 5.74) is 0. The van der Waals surface area contributed by atoms with E-state index in [1.165, 1.54) is 0 Å². The number of esters is 1. The molecule has 0 amide bonds. The summed E-state index contributed by atoms with van der Waals surface area (Å²) in [5.74, 6) is -1.77. The van der Waals surface area contributed by atoms with Crippen LogP contribution in [-0.4, -0.2) is 48.1 Å². The molecule has 1 unspecified atom stereocenters. The fraction of sp³-hybridized carbons (Fsp3) is 0.750. The number of hydrogen-bond donors (Lipinski definition) is 2. The van der Waals surface area contributed by atoms with Crippen LogP contribution in [0.3, 0.4) is 0 Å². The van der Waals surface area contributed by atoms with Gasteiger partial charge in [-0.3, -0.25) is 0 Å². The van der Waals surface area contributed by atoms with Gasteiger partial charge in [-0.15, -0.1) is 0 Å². The summed E-state index contributed by atoms with van der Waals surface area (Å²) in [5, 5.41) is 17.0. The van der Waals surface area contributed by atoms with E-state index in [2.05, 4.69) is 9.47 Å². The van der Waals surface area contributed by atoms with Crippen molar-refractivity contribution in [2.75, 3.05) is 19.8 Å². The molecule has 82 valence electrons. The van der Waals surface area contributed by atoms with Crippen LogP contribution in [0, 0.1) is 0 Å². The summed E-state index contributed by atoms with van der Waals surface area (Å²) in [7, 11) is 0. The van der Waals surface area contributed by atoms with Crippen LogP contribution in [0.5, 0.6) is 0 Å². The van der Waals surface area contributed by atoms with Crippen molar-refractivity contribution < 1.29 is 29.3 Å². The molecule has 0 saturated heterocycles. The minimum atomic E-state index is -1.14. The molecule has 0 spiro atoms. The lowest BCUT2D eigenvalue weighted by molar-refractivity contribution is -0.153. The molecular weight excluding hydrogens is 192 g/mol. The zero-order valence-electron chi connectivity index (χ0n) is 7.93. The standard InChI is InChI=1S/C8H14O6/c1-6(9)2-3-14-8(12)5-13-4-7(10)11/h6,9H,2-5H2,1H3,(H,10,11). The summed E-state index contributed by atoms with van der Waals surface area (Å²) in [6, 6.07) is 0. The third-order valence-corrected chi connectivity index (χ3v) is 1.24. The van der Waals surface area contributed by atoms with Crippen molar-refractivity contribution in [2.24, 2.45) is 0 Å². The Balaban J connectivity index is 3.33. The second kappa shape index (κ2) is 7.28. The fourth-order valence-electron chi connectivity index (χ4n) is 0.607. The molecule has 0 aromatic heterocycles. The highest BCUT2D eigenvalue weighted by atomic mass is 16.6. The lowest BCUT2D eigenvalue weighted by atomic mass is 10.3. The van der Waals surface area contributed by atoms with E-state index in [0.29, 0.717) is 6.42 Å². The molecule has 0 aliphatic heterocycles. The highest BCUT2D eigenvalue weighted by Gasteiger charge is 2.05. The number of aliphatic carboxylic acids is 1. The highest BCUT2D eigenvalue weighted by molar-refractivity contribution is 5.72. The summed E-state index contributed by atoms with van der Waals surface area (Å²) in [4.78, 5) is 20.8. The monoisotopic (exact) mass is 206 g/mol. The first-order valence-electron chi connectivity index (χ1n) is 4.15. The Kier molecular flexibility index (Phi) is 6.69. The molecule has 0 aliphatic carbocycles. The Morgan fingerprint density at radius 2 is 2.00 bits per heavy atom. The van der Waals surface area contributed by atoms with Crippen LogP contribution in [0.1, 0.15) is 13.3 Å². The van der Waals surface area contributed by atoms with Gasteiger partial charge in [-0.1, -0.05) is 0 Å². The average Bonchev–Trinajstić information content (AvgIpc) is 2.02. The zero-order chi connectivity index (χ0) is 11.0. The van der Waals surface area contributed by atoms with Crippen molar-refractivity contribution in [1.82, 2.24) is 0 Å². The molecule has 0 heterocycles. The quantitative estimate of drug-likeness (QED) is 0.540. The molecule has 0 bridgehead atoms. The molecule has 0 saturated carbocycles. The van der Waals surface area contributed by atoms with Crippen LogP contribution < -0.4 is 0 Å². The molecule has 1 atom stereocenters. The SMILES string of the molecule is CC(O)CCOC(=O)COCC(=O)O. The Morgan fingerprint density at radius 1 is 1.36 bits per heavy atom. The van der Waals surface area contributed by atoms with Crippen molar-refractivity contribution in [1.29, 1.82) is 0 Å². The molecule has 6 heteroatoms. The largest absolute Gasteiger partial charge is 0.480 e. The molecule has 0 rings (SSSR count). The van der Waals surface area contributed by atoms with E-state index < -0.39 is 24.6 Å². The van der Waals surface area contributed by atoms with Gasteiger partial charge in [-0.25, -0.2) is 9.59 Å². The van der Waals surface area contributed by atoms with Crippen molar-refractivity contribution in [3.63, 3.8) is 0 Å². The first kappa shape index (κ1) is 12.9. The van der Waals surface area contributed by atoms with Crippen LogP contribution in [0.2, 0.25) is 0 Å².